The van der Waals surface area contributed by atoms with Gasteiger partial charge in [0.05, 0.1) is 18.9 Å². The molecule has 2 aromatic rings. The third-order valence-electron chi connectivity index (χ3n) is 4.08. The summed E-state index contributed by atoms with van der Waals surface area (Å²) in [7, 11) is 0. The Bertz CT molecular complexity index is 867. The van der Waals surface area contributed by atoms with Crippen molar-refractivity contribution in [2.45, 2.75) is 13.8 Å². The third kappa shape index (κ3) is 5.12. The van der Waals surface area contributed by atoms with E-state index in [9.17, 15) is 9.59 Å². The van der Waals surface area contributed by atoms with Crippen molar-refractivity contribution >= 4 is 39.9 Å². The van der Waals surface area contributed by atoms with Gasteiger partial charge in [-0.1, -0.05) is 22.9 Å². The van der Waals surface area contributed by atoms with E-state index in [1.54, 1.807) is 25.1 Å². The van der Waals surface area contributed by atoms with Gasteiger partial charge in [-0.15, -0.1) is 0 Å². The predicted molar refractivity (Wildman–Crippen MR) is 107 cm³/mol. The molecule has 8 nitrogen and oxygen atoms in total. The van der Waals surface area contributed by atoms with Crippen LogP contribution in [0.3, 0.4) is 0 Å². The fraction of sp³-hybridized carbons (Fsp3) is 0.389. The minimum Gasteiger partial charge on any atom is -0.483 e. The highest BCUT2D eigenvalue weighted by molar-refractivity contribution is 7.17. The lowest BCUT2D eigenvalue weighted by Gasteiger charge is -2.25. The van der Waals surface area contributed by atoms with Crippen molar-refractivity contribution in [2.75, 3.05) is 37.8 Å². The number of nitrogens with zero attached hydrogens (tertiary/aromatic N) is 2. The summed E-state index contributed by atoms with van der Waals surface area (Å²) in [4.78, 5) is 31.3. The zero-order chi connectivity index (χ0) is 20.1. The van der Waals surface area contributed by atoms with Gasteiger partial charge in [-0.3, -0.25) is 20.4 Å². The molecule has 0 saturated carbocycles. The Hall–Kier alpha value is -2.36. The van der Waals surface area contributed by atoms with E-state index < -0.39 is 11.8 Å². The summed E-state index contributed by atoms with van der Waals surface area (Å²) in [5.74, 6) is -0.330. The van der Waals surface area contributed by atoms with E-state index in [4.69, 9.17) is 21.1 Å². The summed E-state index contributed by atoms with van der Waals surface area (Å²) < 4.78 is 10.8. The van der Waals surface area contributed by atoms with E-state index in [0.29, 0.717) is 34.6 Å². The molecule has 1 aromatic heterocycles. The summed E-state index contributed by atoms with van der Waals surface area (Å²) in [5.41, 5.74) is 6.19. The van der Waals surface area contributed by atoms with Crippen LogP contribution in [0, 0.1) is 13.8 Å². The monoisotopic (exact) mass is 424 g/mol. The van der Waals surface area contributed by atoms with E-state index in [0.717, 1.165) is 23.8 Å². The zero-order valence-electron chi connectivity index (χ0n) is 15.6. The smallest absolute Gasteiger partial charge is 0.281 e. The third-order valence-corrected chi connectivity index (χ3v) is 5.54. The van der Waals surface area contributed by atoms with Gasteiger partial charge in [-0.2, -0.15) is 0 Å². The largest absolute Gasteiger partial charge is 0.483 e. The molecule has 0 unspecified atom stereocenters. The number of ether oxygens (including phenoxy) is 2. The van der Waals surface area contributed by atoms with Crippen LogP contribution in [0.4, 0.5) is 5.13 Å². The second-order valence-electron chi connectivity index (χ2n) is 6.21. The molecule has 3 rings (SSSR count). The van der Waals surface area contributed by atoms with Gasteiger partial charge in [0.15, 0.2) is 11.7 Å². The Morgan fingerprint density at radius 1 is 1.29 bits per heavy atom. The molecule has 150 valence electrons. The van der Waals surface area contributed by atoms with Crippen molar-refractivity contribution < 1.29 is 19.1 Å². The Morgan fingerprint density at radius 3 is 2.75 bits per heavy atom. The number of carbonyl (C=O) groups is 2. The second-order valence-corrected chi connectivity index (χ2v) is 7.63. The number of nitrogens with one attached hydrogen (secondary N) is 2. The highest BCUT2D eigenvalue weighted by Crippen LogP contribution is 2.26. The lowest BCUT2D eigenvalue weighted by Crippen LogP contribution is -2.43. The molecule has 0 atom stereocenters. The number of carbonyl (C=O) groups excluding carboxylic acids is 2. The summed E-state index contributed by atoms with van der Waals surface area (Å²) in [6, 6.07) is 5.12. The molecule has 10 heteroatoms. The molecule has 2 N–H and O–H groups in total. The molecule has 0 aliphatic carbocycles. The summed E-state index contributed by atoms with van der Waals surface area (Å²) in [6.07, 6.45) is 0. The summed E-state index contributed by atoms with van der Waals surface area (Å²) in [6.45, 7) is 6.14. The van der Waals surface area contributed by atoms with Crippen LogP contribution in [0.5, 0.6) is 5.75 Å². The van der Waals surface area contributed by atoms with Crippen molar-refractivity contribution in [1.29, 1.82) is 0 Å². The van der Waals surface area contributed by atoms with Crippen molar-refractivity contribution in [3.63, 3.8) is 0 Å². The van der Waals surface area contributed by atoms with Crippen LogP contribution in [-0.4, -0.2) is 49.7 Å². The minimum atomic E-state index is -0.474. The fourth-order valence-corrected chi connectivity index (χ4v) is 3.86. The van der Waals surface area contributed by atoms with Gasteiger partial charge in [0.25, 0.3) is 11.8 Å². The topological polar surface area (TPSA) is 92.8 Å². The van der Waals surface area contributed by atoms with Crippen LogP contribution in [-0.2, 0) is 9.53 Å². The standard InChI is InChI=1S/C18H21ClN4O4S/c1-11-9-13(19)3-4-14(11)27-10-15(24)21-22-17(25)16-12(2)20-18(28-16)23-5-7-26-8-6-23/h3-4,9H,5-8,10H2,1-2H3,(H,21,24)(H,22,25). The average Bonchev–Trinajstić information content (AvgIpc) is 3.08. The maximum Gasteiger partial charge on any atom is 0.281 e. The maximum absolute atomic E-state index is 12.4. The molecule has 1 aliphatic heterocycles. The number of morpholine rings is 1. The quantitative estimate of drug-likeness (QED) is 0.714. The lowest BCUT2D eigenvalue weighted by molar-refractivity contribution is -0.123. The van der Waals surface area contributed by atoms with E-state index in [1.165, 1.54) is 11.3 Å². The predicted octanol–water partition coefficient (Wildman–Crippen LogP) is 2.09. The highest BCUT2D eigenvalue weighted by atomic mass is 35.5. The number of hydrogen-bond acceptors (Lipinski definition) is 7. The van der Waals surface area contributed by atoms with Crippen LogP contribution < -0.4 is 20.5 Å². The van der Waals surface area contributed by atoms with Crippen LogP contribution in [0.15, 0.2) is 18.2 Å². The second kappa shape index (κ2) is 9.22. The zero-order valence-corrected chi connectivity index (χ0v) is 17.2. The number of benzene rings is 1. The van der Waals surface area contributed by atoms with Crippen LogP contribution in [0.25, 0.3) is 0 Å². The first-order chi connectivity index (χ1) is 13.4. The normalized spacial score (nSPS) is 13.9. The maximum atomic E-state index is 12.4. The van der Waals surface area contributed by atoms with Gasteiger partial charge in [0, 0.05) is 18.1 Å². The van der Waals surface area contributed by atoms with Gasteiger partial charge in [-0.25, -0.2) is 4.98 Å². The molecule has 28 heavy (non-hydrogen) atoms. The fourth-order valence-electron chi connectivity index (χ4n) is 2.62. The molecule has 0 radical (unpaired) electrons. The number of halogens is 1. The Kier molecular flexibility index (Phi) is 6.71. The molecular formula is C18H21ClN4O4S. The minimum absolute atomic E-state index is 0.233. The molecule has 1 aromatic carbocycles. The van der Waals surface area contributed by atoms with E-state index >= 15 is 0 Å². The van der Waals surface area contributed by atoms with Crippen molar-refractivity contribution in [3.8, 4) is 5.75 Å². The Morgan fingerprint density at radius 2 is 2.04 bits per heavy atom. The number of amides is 2. The summed E-state index contributed by atoms with van der Waals surface area (Å²) >= 11 is 7.18. The number of thiazole rings is 1. The van der Waals surface area contributed by atoms with Crippen molar-refractivity contribution in [1.82, 2.24) is 15.8 Å². The van der Waals surface area contributed by atoms with Crippen LogP contribution >= 0.6 is 22.9 Å². The number of hydrogen-bond donors (Lipinski definition) is 2. The SMILES string of the molecule is Cc1cc(Cl)ccc1OCC(=O)NNC(=O)c1sc(N2CCOCC2)nc1C. The van der Waals surface area contributed by atoms with Gasteiger partial charge in [0.1, 0.15) is 10.6 Å². The van der Waals surface area contributed by atoms with Gasteiger partial charge < -0.3 is 14.4 Å². The lowest BCUT2D eigenvalue weighted by atomic mass is 10.2. The molecule has 0 spiro atoms. The Balaban J connectivity index is 1.50. The first-order valence-electron chi connectivity index (χ1n) is 8.72. The number of aryl methyl sites for hydroxylation is 2. The van der Waals surface area contributed by atoms with Gasteiger partial charge in [0.2, 0.25) is 0 Å². The first kappa shape index (κ1) is 20.4. The Labute approximate surface area is 171 Å². The number of hydrazine groups is 1. The van der Waals surface area contributed by atoms with Crippen LogP contribution in [0.1, 0.15) is 20.9 Å². The van der Waals surface area contributed by atoms with E-state index in [2.05, 4.69) is 20.7 Å². The number of rotatable bonds is 5. The highest BCUT2D eigenvalue weighted by Gasteiger charge is 2.20. The number of anilines is 1. The van der Waals surface area contributed by atoms with Crippen molar-refractivity contribution in [3.05, 3.63) is 39.4 Å². The average molecular weight is 425 g/mol. The van der Waals surface area contributed by atoms with Gasteiger partial charge in [-0.05, 0) is 37.6 Å². The van der Waals surface area contributed by atoms with E-state index in [-0.39, 0.29) is 6.61 Å². The number of aromatic nitrogens is 1. The van der Waals surface area contributed by atoms with E-state index in [1.807, 2.05) is 6.92 Å². The van der Waals surface area contributed by atoms with Crippen LogP contribution in [0.2, 0.25) is 5.02 Å². The molecule has 2 amide bonds. The van der Waals surface area contributed by atoms with Crippen molar-refractivity contribution in [2.24, 2.45) is 0 Å². The van der Waals surface area contributed by atoms with Gasteiger partial charge >= 0.3 is 0 Å². The first-order valence-corrected chi connectivity index (χ1v) is 9.91. The molecule has 2 heterocycles. The molecule has 0 bridgehead atoms. The molecule has 1 aliphatic rings. The molecule has 1 saturated heterocycles. The molecule has 1 fully saturated rings. The molecular weight excluding hydrogens is 404 g/mol. The summed E-state index contributed by atoms with van der Waals surface area (Å²) in [5, 5.41) is 1.37.